The Labute approximate surface area is 523 Å². The minimum absolute atomic E-state index is 0. The number of ether oxygens (including phenoxy) is 6. The zero-order valence-corrected chi connectivity index (χ0v) is 51.5. The number of aromatic nitrogens is 8. The number of alkyl halides is 1. The van der Waals surface area contributed by atoms with Gasteiger partial charge in [-0.05, 0) is 106 Å². The Morgan fingerprint density at radius 3 is 1.29 bits per heavy atom. The molecular weight excluding hydrogens is 1160 g/mol. The van der Waals surface area contributed by atoms with Gasteiger partial charge in [0.25, 0.3) is 11.8 Å². The highest BCUT2D eigenvalue weighted by molar-refractivity contribution is 6.28. The van der Waals surface area contributed by atoms with Crippen molar-refractivity contribution in [2.24, 2.45) is 0 Å². The van der Waals surface area contributed by atoms with E-state index in [1.54, 1.807) is 37.2 Å². The predicted molar refractivity (Wildman–Crippen MR) is 341 cm³/mol. The summed E-state index contributed by atoms with van der Waals surface area (Å²) in [4.78, 5) is 32.8. The number of carbonyl (C=O) groups excluding carboxylic acids is 2. The Kier molecular flexibility index (Phi) is 21.8. The first-order valence-electron chi connectivity index (χ1n) is 29.0. The lowest BCUT2D eigenvalue weighted by Crippen LogP contribution is -2.24. The van der Waals surface area contributed by atoms with E-state index >= 15 is 0 Å². The number of carbonyl (C=O) groups is 2. The van der Waals surface area contributed by atoms with Crippen LogP contribution in [0.3, 0.4) is 0 Å². The third-order valence-electron chi connectivity index (χ3n) is 15.1. The van der Waals surface area contributed by atoms with Crippen LogP contribution in [0.2, 0.25) is 0 Å². The molecule has 2 saturated heterocycles. The van der Waals surface area contributed by atoms with E-state index in [2.05, 4.69) is 82.8 Å². The first-order valence-corrected chi connectivity index (χ1v) is 29.4. The number of aliphatic hydroxyl groups is 3. The highest BCUT2D eigenvalue weighted by Crippen LogP contribution is 2.44. The van der Waals surface area contributed by atoms with Gasteiger partial charge in [-0.3, -0.25) is 9.59 Å². The fourth-order valence-electron chi connectivity index (χ4n) is 10.1. The molecule has 0 spiro atoms. The molecule has 2 aliphatic rings. The highest BCUT2D eigenvalue weighted by atomic mass is 35.5. The summed E-state index contributed by atoms with van der Waals surface area (Å²) < 4.78 is 36.3. The second-order valence-corrected chi connectivity index (χ2v) is 23.9. The predicted octanol–water partition coefficient (Wildman–Crippen LogP) is 10.9. The molecule has 470 valence electrons. The Bertz CT molecular complexity index is 3520. The number of nitrogens with zero attached hydrogens (tertiary/aromatic N) is 8. The number of rotatable bonds is 17. The molecule has 2 amide bonds. The van der Waals surface area contributed by atoms with Crippen molar-refractivity contribution < 1.29 is 53.3 Å². The highest BCUT2D eigenvalue weighted by Gasteiger charge is 2.38. The number of methoxy groups -OCH3 is 2. The van der Waals surface area contributed by atoms with E-state index < -0.39 is 35.6 Å². The van der Waals surface area contributed by atoms with E-state index in [4.69, 9.17) is 40.0 Å². The molecule has 9 aromatic rings. The maximum Gasteiger partial charge on any atom is 0.262 e. The van der Waals surface area contributed by atoms with Gasteiger partial charge in [-0.15, -0.1) is 21.8 Å². The molecule has 0 saturated carbocycles. The molecule has 4 aromatic heterocycles. The van der Waals surface area contributed by atoms with Crippen LogP contribution < -0.4 is 29.6 Å². The van der Waals surface area contributed by atoms with E-state index in [-0.39, 0.29) is 62.4 Å². The summed E-state index contributed by atoms with van der Waals surface area (Å²) >= 11 is 7.22. The van der Waals surface area contributed by atoms with Crippen molar-refractivity contribution >= 4 is 57.1 Å². The van der Waals surface area contributed by atoms with Crippen LogP contribution in [-0.2, 0) is 34.8 Å². The monoisotopic (exact) mass is 1230 g/mol. The molecule has 22 heteroatoms. The van der Waals surface area contributed by atoms with Crippen LogP contribution in [0.5, 0.6) is 23.0 Å². The van der Waals surface area contributed by atoms with Gasteiger partial charge >= 0.3 is 0 Å². The second-order valence-electron chi connectivity index (χ2n) is 23.3. The summed E-state index contributed by atoms with van der Waals surface area (Å²) in [5, 5.41) is 51.5. The number of hydrogen-bond donors (Lipinski definition) is 5. The van der Waals surface area contributed by atoms with Gasteiger partial charge < -0.3 is 54.4 Å². The summed E-state index contributed by atoms with van der Waals surface area (Å²) in [6, 6.07) is 44.5. The van der Waals surface area contributed by atoms with Crippen molar-refractivity contribution in [3.8, 4) is 23.0 Å². The van der Waals surface area contributed by atoms with Crippen LogP contribution in [0, 0.1) is 0 Å². The fourth-order valence-corrected chi connectivity index (χ4v) is 10.5. The van der Waals surface area contributed by atoms with Crippen molar-refractivity contribution in [1.29, 1.82) is 0 Å². The van der Waals surface area contributed by atoms with Crippen molar-refractivity contribution in [1.82, 2.24) is 40.0 Å². The number of hydrogen-bond acceptors (Lipinski definition) is 17. The average Bonchev–Trinajstić information content (AvgIpc) is 2.44. The van der Waals surface area contributed by atoms with E-state index in [0.717, 1.165) is 28.2 Å². The molecule has 6 atom stereocenters. The van der Waals surface area contributed by atoms with Gasteiger partial charge in [0.05, 0.1) is 50.5 Å². The van der Waals surface area contributed by atoms with Crippen LogP contribution in [0.1, 0.15) is 115 Å². The molecule has 2 aliphatic heterocycles. The number of aliphatic hydroxyl groups excluding tert-OH is 3. The van der Waals surface area contributed by atoms with Crippen molar-refractivity contribution in [3.05, 3.63) is 180 Å². The van der Waals surface area contributed by atoms with E-state index in [1.165, 1.54) is 22.0 Å². The van der Waals surface area contributed by atoms with E-state index in [1.807, 2.05) is 134 Å². The molecule has 11 rings (SSSR count). The molecular formula is C67H79ClN10O11. The molecule has 0 unspecified atom stereocenters. The largest absolute Gasteiger partial charge is 0.497 e. The van der Waals surface area contributed by atoms with Crippen molar-refractivity contribution in [2.75, 3.05) is 44.7 Å². The van der Waals surface area contributed by atoms with Gasteiger partial charge in [0.2, 0.25) is 0 Å². The number of pyridine rings is 2. The summed E-state index contributed by atoms with van der Waals surface area (Å²) in [7, 11) is 3.31. The van der Waals surface area contributed by atoms with Crippen LogP contribution >= 0.6 is 11.6 Å². The minimum atomic E-state index is -0.804. The molecule has 89 heavy (non-hydrogen) atoms. The van der Waals surface area contributed by atoms with Crippen LogP contribution in [0.25, 0.3) is 22.3 Å². The summed E-state index contributed by atoms with van der Waals surface area (Å²) in [6.07, 6.45) is 1.14. The average molecular weight is 1240 g/mol. The first kappa shape index (κ1) is 66.4. The first-order chi connectivity index (χ1) is 42.2. The maximum atomic E-state index is 12.5. The van der Waals surface area contributed by atoms with Gasteiger partial charge in [-0.1, -0.05) is 145 Å². The lowest BCUT2D eigenvalue weighted by atomic mass is 9.84. The second kappa shape index (κ2) is 29.2. The normalized spacial score (nSPS) is 18.2. The SMILES string of the molecule is C.CC(C)(C)c1ccc(OCC(=O)Nc2ccnc3c2nnn3[C@H]2C[C@H](O)[C@@H](CO)O2)cc1.CC[C@H]1O[C@@H](n2nnc3c(NC(=O)COc4ccc(C(C)(C)C)cc4)ccnc32)C[C@@H]1O.COc1ccc(C(Cl)(c2ccccc2)c2ccc(OC)cc2)cc1. The number of nitrogens with one attached hydrogen (secondary N) is 2. The topological polar surface area (TPSA) is 261 Å². The maximum absolute atomic E-state index is 12.5. The number of fused-ring (bicyclic) bond motifs is 2. The lowest BCUT2D eigenvalue weighted by Gasteiger charge is -2.29. The van der Waals surface area contributed by atoms with Gasteiger partial charge in [-0.25, -0.2) is 9.97 Å². The zero-order chi connectivity index (χ0) is 62.8. The number of benzene rings is 5. The van der Waals surface area contributed by atoms with Gasteiger partial charge in [0.15, 0.2) is 48.0 Å². The van der Waals surface area contributed by atoms with Crippen LogP contribution in [-0.4, -0.2) is 126 Å². The summed E-state index contributed by atoms with van der Waals surface area (Å²) in [6.45, 7) is 14.2. The van der Waals surface area contributed by atoms with Crippen molar-refractivity contribution in [3.63, 3.8) is 0 Å². The fraction of sp³-hybridized carbons (Fsp3) is 0.373. The quantitative estimate of drug-likeness (QED) is 0.0419. The third kappa shape index (κ3) is 15.8. The van der Waals surface area contributed by atoms with Crippen molar-refractivity contribution in [2.45, 2.75) is 128 Å². The van der Waals surface area contributed by atoms with E-state index in [9.17, 15) is 24.9 Å². The number of anilines is 2. The molecule has 5 aromatic carbocycles. The summed E-state index contributed by atoms with van der Waals surface area (Å²) in [5.74, 6) is 2.18. The number of halogens is 1. The van der Waals surface area contributed by atoms with Gasteiger partial charge in [-0.2, -0.15) is 9.36 Å². The molecule has 2 fully saturated rings. The lowest BCUT2D eigenvalue weighted by molar-refractivity contribution is -0.118. The molecule has 5 N–H and O–H groups in total. The van der Waals surface area contributed by atoms with E-state index in [0.29, 0.717) is 58.0 Å². The Morgan fingerprint density at radius 1 is 0.562 bits per heavy atom. The molecule has 0 bridgehead atoms. The molecule has 0 radical (unpaired) electrons. The Hall–Kier alpha value is -8.57. The third-order valence-corrected chi connectivity index (χ3v) is 15.8. The number of amides is 2. The van der Waals surface area contributed by atoms with Crippen LogP contribution in [0.4, 0.5) is 11.4 Å². The van der Waals surface area contributed by atoms with Crippen LogP contribution in [0.15, 0.2) is 152 Å². The minimum Gasteiger partial charge on any atom is -0.497 e. The molecule has 6 heterocycles. The smallest absolute Gasteiger partial charge is 0.262 e. The molecule has 21 nitrogen and oxygen atoms in total. The standard InChI is InChI=1S/C23H29N5O4.C22H27N5O5.C21H19ClO2.CH4/c1-5-18-17(29)12-20(32-18)28-22-21(26-27-28)16(10-11-24-22)25-19(30)13-31-15-8-6-14(7-9-15)23(2,3)4;1-22(2,3)13-4-6-14(7-5-13)31-12-18(30)24-15-8-9-23-21-20(15)25-26-27(21)19-10-16(29)17(11-28)32-19;1-23-19-12-8-17(9-13-19)21(22,16-6-4-3-5-7-16)18-10-14-20(24-2)15-11-18;/h6-11,17-18,20,29H,5,12-13H2,1-4H3,(H,24,25,30);4-9,16-17,19,28-29H,10-12H2,1-3H3,(H,23,24,30);3-15H,1-2H3;1H4/t17-,18+,20+;16-,17+,19+;;/m00../s1. The summed E-state index contributed by atoms with van der Waals surface area (Å²) in [5.41, 5.74) is 8.12. The Morgan fingerprint density at radius 2 is 0.933 bits per heavy atom. The Balaban J connectivity index is 0.000000174. The zero-order valence-electron chi connectivity index (χ0n) is 50.7. The van der Waals surface area contributed by atoms with Gasteiger partial charge in [0, 0.05) is 25.2 Å². The molecule has 0 aliphatic carbocycles. The van der Waals surface area contributed by atoms with Gasteiger partial charge in [0.1, 0.15) is 34.0 Å².